The van der Waals surface area contributed by atoms with E-state index in [-0.39, 0.29) is 0 Å². The summed E-state index contributed by atoms with van der Waals surface area (Å²) in [6, 6.07) is 0. The third kappa shape index (κ3) is 13.4. The molecule has 1 N–H and O–H groups in total. The van der Waals surface area contributed by atoms with Gasteiger partial charge < -0.3 is 5.32 Å². The Morgan fingerprint density at radius 1 is 1.45 bits per heavy atom. The molecule has 0 spiro atoms. The Kier molecular flexibility index (Phi) is 5.33. The largest absolute Gasteiger partial charge is 0.317 e. The fourth-order valence-corrected chi connectivity index (χ4v) is 0.619. The second kappa shape index (κ2) is 5.13. The van der Waals surface area contributed by atoms with E-state index < -0.39 is 14.4 Å². The van der Waals surface area contributed by atoms with Crippen LogP contribution in [0.2, 0.25) is 0 Å². The number of nitrogens with one attached hydrogen (secondary N) is 1. The van der Waals surface area contributed by atoms with Crippen LogP contribution in [-0.4, -0.2) is 27.7 Å². The molecule has 68 valence electrons. The maximum Gasteiger partial charge on any atom is 0.317 e. The Bertz CT molecular complexity index is 182. The topological polar surface area (TPSA) is 46.2 Å². The maximum atomic E-state index is 11.9. The number of rotatable bonds is 0. The van der Waals surface area contributed by atoms with Crippen molar-refractivity contribution in [1.29, 1.82) is 0 Å². The van der Waals surface area contributed by atoms with E-state index in [2.05, 4.69) is 26.7 Å². The van der Waals surface area contributed by atoms with Gasteiger partial charge in [0.05, 0.1) is 0 Å². The third-order valence-electron chi connectivity index (χ3n) is 1.00. The molecule has 0 saturated carbocycles. The lowest BCUT2D eigenvalue weighted by Gasteiger charge is -1.86. The molecule has 1 heterocycles. The van der Waals surface area contributed by atoms with Gasteiger partial charge in [-0.25, -0.2) is 4.39 Å². The lowest BCUT2D eigenvalue weighted by atomic mass is 10.4. The molecule has 1 rings (SSSR count). The minimum Gasteiger partial charge on any atom is -0.314 e. The van der Waals surface area contributed by atoms with Crippen LogP contribution in [0.5, 0.6) is 0 Å². The first kappa shape index (κ1) is 11.4. The van der Waals surface area contributed by atoms with Crippen LogP contribution < -0.4 is 5.32 Å². The quantitative estimate of drug-likeness (QED) is 0.625. The van der Waals surface area contributed by atoms with E-state index in [0.717, 1.165) is 6.54 Å². The summed E-state index contributed by atoms with van der Waals surface area (Å²) in [5.74, 6) is 0. The molecule has 1 unspecified atom stereocenters. The zero-order valence-corrected chi connectivity index (χ0v) is 7.89. The van der Waals surface area contributed by atoms with Crippen LogP contribution in [0.3, 0.4) is 0 Å². The number of hydrogen-bond donors (Lipinski definition) is 1. The predicted molar refractivity (Wildman–Crippen MR) is 43.0 cm³/mol. The van der Waals surface area contributed by atoms with Crippen molar-refractivity contribution >= 4 is 29.6 Å². The van der Waals surface area contributed by atoms with Crippen molar-refractivity contribution in [2.75, 3.05) is 13.1 Å². The molecule has 3 nitrogen and oxygen atoms in total. The highest BCUT2D eigenvalue weighted by Crippen LogP contribution is 1.99. The van der Waals surface area contributed by atoms with E-state index >= 15 is 0 Å². The molecule has 0 bridgehead atoms. The Morgan fingerprint density at radius 2 is 1.91 bits per heavy atom. The molecule has 1 saturated heterocycles. The number of hydrogen-bond acceptors (Lipinski definition) is 3. The molecule has 1 atom stereocenters. The van der Waals surface area contributed by atoms with Gasteiger partial charge in [0.2, 0.25) is 0 Å². The maximum absolute atomic E-state index is 11.9. The molecule has 11 heavy (non-hydrogen) atoms. The Hall–Kier alpha value is 0.420. The second-order valence-corrected chi connectivity index (χ2v) is 5.64. The standard InChI is InChI=1S/C4H8FN.Cl2O2S/c5-4-1-2-6-3-4;1-5(2,3)4/h4,6H,1-3H2;. The number of halogens is 3. The first-order valence-corrected chi connectivity index (χ1v) is 6.02. The van der Waals surface area contributed by atoms with Gasteiger partial charge >= 0.3 is 8.26 Å². The third-order valence-corrected chi connectivity index (χ3v) is 1.00. The van der Waals surface area contributed by atoms with Gasteiger partial charge in [-0.3, -0.25) is 0 Å². The van der Waals surface area contributed by atoms with E-state index in [9.17, 15) is 4.39 Å². The van der Waals surface area contributed by atoms with Crippen LogP contribution in [0, 0.1) is 0 Å². The van der Waals surface area contributed by atoms with E-state index in [4.69, 9.17) is 8.42 Å². The van der Waals surface area contributed by atoms with Crippen molar-refractivity contribution in [2.45, 2.75) is 12.6 Å². The average molecular weight is 224 g/mol. The van der Waals surface area contributed by atoms with Crippen molar-refractivity contribution < 1.29 is 12.8 Å². The average Bonchev–Trinajstić information content (AvgIpc) is 2.12. The van der Waals surface area contributed by atoms with Crippen LogP contribution in [0.4, 0.5) is 4.39 Å². The van der Waals surface area contributed by atoms with Crippen molar-refractivity contribution in [2.24, 2.45) is 0 Å². The summed E-state index contributed by atoms with van der Waals surface area (Å²) in [4.78, 5) is 0. The normalized spacial score (nSPS) is 24.1. The summed E-state index contributed by atoms with van der Waals surface area (Å²) in [6.45, 7) is 1.43. The molecule has 7 heteroatoms. The molecule has 1 aliphatic rings. The van der Waals surface area contributed by atoms with E-state index in [0.29, 0.717) is 13.0 Å². The molecule has 0 aromatic carbocycles. The molecule has 0 aromatic heterocycles. The second-order valence-electron chi connectivity index (χ2n) is 1.97. The van der Waals surface area contributed by atoms with Crippen molar-refractivity contribution in [3.8, 4) is 0 Å². The fraction of sp³-hybridized carbons (Fsp3) is 1.00. The first-order valence-electron chi connectivity index (χ1n) is 2.88. The lowest BCUT2D eigenvalue weighted by molar-refractivity contribution is 0.361. The molecule has 1 aliphatic heterocycles. The zero-order chi connectivity index (χ0) is 8.91. The summed E-state index contributed by atoms with van der Waals surface area (Å²) >= 11 is 0. The molecule has 0 amide bonds. The van der Waals surface area contributed by atoms with Gasteiger partial charge in [0.25, 0.3) is 0 Å². The van der Waals surface area contributed by atoms with Gasteiger partial charge in [-0.15, -0.1) is 0 Å². The first-order chi connectivity index (χ1) is 4.89. The molecular weight excluding hydrogens is 216 g/mol. The van der Waals surface area contributed by atoms with Crippen molar-refractivity contribution in [3.05, 3.63) is 0 Å². The summed E-state index contributed by atoms with van der Waals surface area (Å²) in [5.41, 5.74) is 0. The van der Waals surface area contributed by atoms with Crippen molar-refractivity contribution in [3.63, 3.8) is 0 Å². The van der Waals surface area contributed by atoms with E-state index in [1.165, 1.54) is 0 Å². The molecule has 0 aromatic rings. The van der Waals surface area contributed by atoms with Gasteiger partial charge in [0.1, 0.15) is 6.17 Å². The fourth-order valence-electron chi connectivity index (χ4n) is 0.619. The van der Waals surface area contributed by atoms with Gasteiger partial charge in [0, 0.05) is 27.9 Å². The van der Waals surface area contributed by atoms with Gasteiger partial charge in [-0.2, -0.15) is 8.42 Å². The SMILES string of the molecule is FC1CCNC1.O=S(=O)(Cl)Cl. The smallest absolute Gasteiger partial charge is 0.314 e. The van der Waals surface area contributed by atoms with Crippen LogP contribution >= 0.6 is 21.4 Å². The van der Waals surface area contributed by atoms with Crippen LogP contribution in [0.1, 0.15) is 6.42 Å². The molecular formula is C4H8Cl2FNO2S. The van der Waals surface area contributed by atoms with Crippen molar-refractivity contribution in [1.82, 2.24) is 5.32 Å². The highest BCUT2D eigenvalue weighted by molar-refractivity contribution is 8.31. The Balaban J connectivity index is 0.000000187. The lowest BCUT2D eigenvalue weighted by Crippen LogP contribution is -2.08. The van der Waals surface area contributed by atoms with E-state index in [1.54, 1.807) is 0 Å². The van der Waals surface area contributed by atoms with E-state index in [1.807, 2.05) is 0 Å². The molecule has 0 aliphatic carbocycles. The summed E-state index contributed by atoms with van der Waals surface area (Å²) in [6.07, 6.45) is 0.144. The van der Waals surface area contributed by atoms with Crippen LogP contribution in [0.15, 0.2) is 0 Å². The zero-order valence-electron chi connectivity index (χ0n) is 5.56. The van der Waals surface area contributed by atoms with Gasteiger partial charge in [0.15, 0.2) is 0 Å². The summed E-state index contributed by atoms with van der Waals surface area (Å²) in [7, 11) is 4.81. The van der Waals surface area contributed by atoms with Crippen LogP contribution in [-0.2, 0) is 8.26 Å². The minimum absolute atomic E-state index is 0.565. The number of alkyl halides is 1. The minimum atomic E-state index is -3.72. The monoisotopic (exact) mass is 223 g/mol. The van der Waals surface area contributed by atoms with Gasteiger partial charge in [-0.1, -0.05) is 0 Å². The summed E-state index contributed by atoms with van der Waals surface area (Å²) in [5, 5.41) is 2.90. The highest BCUT2D eigenvalue weighted by Gasteiger charge is 2.10. The Labute approximate surface area is 73.8 Å². The summed E-state index contributed by atoms with van der Waals surface area (Å²) < 4.78 is 30.2. The Morgan fingerprint density at radius 3 is 2.00 bits per heavy atom. The highest BCUT2D eigenvalue weighted by atomic mass is 36.0. The molecule has 0 radical (unpaired) electrons. The van der Waals surface area contributed by atoms with Crippen LogP contribution in [0.25, 0.3) is 0 Å². The molecule has 1 fully saturated rings. The predicted octanol–water partition coefficient (Wildman–Crippen LogP) is 1.03. The van der Waals surface area contributed by atoms with Gasteiger partial charge in [-0.05, 0) is 13.0 Å².